The summed E-state index contributed by atoms with van der Waals surface area (Å²) in [5, 5.41) is 41.6. The number of aliphatic hydroxyl groups is 2. The van der Waals surface area contributed by atoms with Crippen LogP contribution < -0.4 is 52.6 Å². The van der Waals surface area contributed by atoms with Gasteiger partial charge in [-0.05, 0) is 93.1 Å². The molecule has 2 aromatic rings. The highest BCUT2D eigenvalue weighted by Gasteiger charge is 2.49. The van der Waals surface area contributed by atoms with Crippen molar-refractivity contribution in [2.24, 2.45) is 23.5 Å². The first-order valence-corrected chi connectivity index (χ1v) is 28.1. The number of amides is 9. The fourth-order valence-electron chi connectivity index (χ4n) is 9.68. The number of alkyl carbamates (subject to hydrolysis) is 1. The topological polar surface area (TPSA) is 331 Å². The number of ether oxygens (including phenoxy) is 4. The van der Waals surface area contributed by atoms with Gasteiger partial charge in [0, 0.05) is 69.9 Å². The number of allylic oxidation sites excluding steroid dienone is 3. The maximum atomic E-state index is 15.0. The van der Waals surface area contributed by atoms with E-state index < -0.39 is 137 Å². The molecule has 5 rings (SSSR count). The highest BCUT2D eigenvalue weighted by molar-refractivity contribution is 7.80. The molecular formula is C56H74ClF3N10O14S. The summed E-state index contributed by atoms with van der Waals surface area (Å²) in [5.74, 6) is -5.76. The minimum Gasteiger partial charge on any atom is -0.495 e. The van der Waals surface area contributed by atoms with Gasteiger partial charge in [-0.2, -0.15) is 13.2 Å². The summed E-state index contributed by atoms with van der Waals surface area (Å²) < 4.78 is 67.5. The number of urea groups is 1. The van der Waals surface area contributed by atoms with Crippen molar-refractivity contribution in [2.45, 2.75) is 128 Å². The van der Waals surface area contributed by atoms with Crippen LogP contribution in [-0.2, 0) is 50.8 Å². The van der Waals surface area contributed by atoms with Crippen LogP contribution in [0.15, 0.2) is 66.3 Å². The summed E-state index contributed by atoms with van der Waals surface area (Å²) in [6.45, 7) is 8.56. The first-order valence-electron chi connectivity index (χ1n) is 27.3. The molecule has 1 saturated heterocycles. The molecule has 0 aromatic heterocycles. The van der Waals surface area contributed by atoms with E-state index in [-0.39, 0.29) is 53.9 Å². The number of hydrogen-bond acceptors (Lipinski definition) is 15. The number of benzene rings is 2. The third-order valence-electron chi connectivity index (χ3n) is 14.5. The average Bonchev–Trinajstić information content (AvgIpc) is 3.94. The molecule has 2 aromatic carbocycles. The van der Waals surface area contributed by atoms with Crippen LogP contribution in [-0.4, -0.2) is 151 Å². The van der Waals surface area contributed by atoms with Gasteiger partial charge in [-0.15, -0.1) is 0 Å². The third kappa shape index (κ3) is 19.0. The fraction of sp³-hybridized carbons (Fsp3) is 0.518. The number of alkyl halides is 3. The smallest absolute Gasteiger partial charge is 0.418 e. The van der Waals surface area contributed by atoms with Crippen LogP contribution in [0.3, 0.4) is 0 Å². The highest BCUT2D eigenvalue weighted by Crippen LogP contribution is 2.40. The molecule has 9 amide bonds. The highest BCUT2D eigenvalue weighted by atomic mass is 35.5. The lowest BCUT2D eigenvalue weighted by Gasteiger charge is -2.43. The number of methoxy groups -OCH3 is 2. The number of nitrogens with one attached hydrogen (secondary N) is 7. The van der Waals surface area contributed by atoms with Gasteiger partial charge in [0.05, 0.1) is 36.6 Å². The normalized spacial score (nSPS) is 23.8. The van der Waals surface area contributed by atoms with Crippen molar-refractivity contribution >= 4 is 93.7 Å². The van der Waals surface area contributed by atoms with E-state index in [4.69, 9.17) is 48.5 Å². The second kappa shape index (κ2) is 30.5. The second-order valence-corrected chi connectivity index (χ2v) is 22.0. The Bertz CT molecular complexity index is 2900. The van der Waals surface area contributed by atoms with Crippen molar-refractivity contribution in [1.29, 1.82) is 0 Å². The Labute approximate surface area is 500 Å². The molecule has 1 fully saturated rings. The summed E-state index contributed by atoms with van der Waals surface area (Å²) in [6, 6.07) is 2.38. The van der Waals surface area contributed by atoms with E-state index >= 15 is 13.2 Å². The Morgan fingerprint density at radius 2 is 1.65 bits per heavy atom. The molecule has 3 aliphatic heterocycles. The lowest BCUT2D eigenvalue weighted by Crippen LogP contribution is -2.64. The molecule has 4 bridgehead atoms. The number of carbonyl (C=O) groups is 8. The minimum atomic E-state index is -5.20. The number of carbonyl (C=O) groups excluding carboxylic acids is 8. The molecule has 85 heavy (non-hydrogen) atoms. The van der Waals surface area contributed by atoms with Crippen molar-refractivity contribution in [2.75, 3.05) is 56.4 Å². The fourth-order valence-corrected chi connectivity index (χ4v) is 10.2. The lowest BCUT2D eigenvalue weighted by atomic mass is 9.81. The van der Waals surface area contributed by atoms with Gasteiger partial charge >= 0.3 is 24.4 Å². The number of hydrogen-bond donors (Lipinski definition) is 10. The summed E-state index contributed by atoms with van der Waals surface area (Å²) in [4.78, 5) is 106. The molecule has 3 aliphatic rings. The number of primary amides is 1. The van der Waals surface area contributed by atoms with E-state index in [1.807, 2.05) is 6.92 Å². The largest absolute Gasteiger partial charge is 0.495 e. The standard InChI is InChI=1S/C56H74ClF3N10O14S/c1-29(2)47(67-52(85)63-20-9-10-22-70-43(71)18-19-44(70)72)50(76)65-37(14-12-21-62-51(61)77)49(75)64-34-16-17-36(35(26-34)56(58,59)60)66-53(78)83-39-27-45(73)69(6)38-24-33(25-40(81-7)46(38)57)23-30(3)13-11-15-42(82-8)55(80)28-41(84-54(79)68-55)32(5)48(74)31(39)4/h11,13,15-19,24-26,29,31-32,37,39,41-42,47-48,74,80H,9-10,12,14,20-23,27-28H2,1-8H3,(H,64,75)(H,65,76)(H,66,78)(H,68,79)(H3,61,62,77)(H2,63,67,85)/b15-11+,30-13+/t31?,32-,37+,39+,41+,42-,47+,48-,55+/m1/s1. The third-order valence-corrected chi connectivity index (χ3v) is 15.2. The summed E-state index contributed by atoms with van der Waals surface area (Å²) in [7, 11) is 4.09. The van der Waals surface area contributed by atoms with Crippen LogP contribution in [0, 0.1) is 17.8 Å². The van der Waals surface area contributed by atoms with E-state index in [1.165, 1.54) is 58.2 Å². The second-order valence-electron chi connectivity index (χ2n) is 21.2. The Hall–Kier alpha value is -7.53. The molecule has 0 saturated carbocycles. The number of rotatable bonds is 19. The predicted octanol–water partition coefficient (Wildman–Crippen LogP) is 5.30. The number of unbranched alkanes of at least 4 members (excludes halogenated alkanes) is 1. The van der Waals surface area contributed by atoms with Gasteiger partial charge in [0.2, 0.25) is 17.7 Å². The van der Waals surface area contributed by atoms with Crippen LogP contribution in [0.1, 0.15) is 84.3 Å². The van der Waals surface area contributed by atoms with Crippen LogP contribution in [0.4, 0.5) is 44.6 Å². The number of nitrogens with zero attached hydrogens (tertiary/aromatic N) is 2. The van der Waals surface area contributed by atoms with Crippen molar-refractivity contribution in [3.8, 4) is 5.75 Å². The Balaban J connectivity index is 1.38. The molecule has 11 N–H and O–H groups in total. The molecule has 1 unspecified atom stereocenters. The Kier molecular flexibility index (Phi) is 24.5. The molecule has 9 atom stereocenters. The number of halogens is 4. The lowest BCUT2D eigenvalue weighted by molar-refractivity contribution is -0.152. The molecule has 0 aliphatic carbocycles. The maximum Gasteiger partial charge on any atom is 0.418 e. The first kappa shape index (κ1) is 68.3. The van der Waals surface area contributed by atoms with Gasteiger partial charge in [0.25, 0.3) is 11.8 Å². The number of fused-ring (bicyclic) bond motifs is 4. The zero-order valence-electron chi connectivity index (χ0n) is 48.2. The molecule has 29 heteroatoms. The average molecular weight is 1240 g/mol. The zero-order valence-corrected chi connectivity index (χ0v) is 49.8. The molecule has 24 nitrogen and oxygen atoms in total. The number of imide groups is 1. The predicted molar refractivity (Wildman–Crippen MR) is 311 cm³/mol. The van der Waals surface area contributed by atoms with Crippen molar-refractivity contribution in [1.82, 2.24) is 31.5 Å². The summed E-state index contributed by atoms with van der Waals surface area (Å²) in [5.41, 5.74) is 2.01. The van der Waals surface area contributed by atoms with Gasteiger partial charge in [-0.1, -0.05) is 63.1 Å². The monoisotopic (exact) mass is 1230 g/mol. The van der Waals surface area contributed by atoms with Crippen molar-refractivity contribution in [3.05, 3.63) is 82.4 Å². The van der Waals surface area contributed by atoms with E-state index in [0.29, 0.717) is 37.4 Å². The van der Waals surface area contributed by atoms with Crippen molar-refractivity contribution in [3.63, 3.8) is 0 Å². The van der Waals surface area contributed by atoms with E-state index in [0.717, 1.165) is 22.6 Å². The molecule has 0 spiro atoms. The van der Waals surface area contributed by atoms with Crippen LogP contribution in [0.2, 0.25) is 5.02 Å². The van der Waals surface area contributed by atoms with Gasteiger partial charge in [-0.25, -0.2) is 14.4 Å². The van der Waals surface area contributed by atoms with E-state index in [2.05, 4.69) is 37.2 Å². The van der Waals surface area contributed by atoms with E-state index in [1.54, 1.807) is 38.1 Å². The summed E-state index contributed by atoms with van der Waals surface area (Å²) in [6.07, 6.45) is -5.88. The maximum absolute atomic E-state index is 15.0. The first-order chi connectivity index (χ1) is 40.0. The zero-order chi connectivity index (χ0) is 63.1. The summed E-state index contributed by atoms with van der Waals surface area (Å²) >= 11 is 12.2. The van der Waals surface area contributed by atoms with Crippen LogP contribution >= 0.6 is 23.8 Å². The van der Waals surface area contributed by atoms with Gasteiger partial charge in [0.1, 0.15) is 41.2 Å². The van der Waals surface area contributed by atoms with Crippen molar-refractivity contribution < 1.29 is 80.7 Å². The Morgan fingerprint density at radius 1 is 0.965 bits per heavy atom. The van der Waals surface area contributed by atoms with Crippen LogP contribution in [0.25, 0.3) is 0 Å². The molecular weight excluding hydrogens is 1160 g/mol. The van der Waals surface area contributed by atoms with Gasteiger partial charge in [-0.3, -0.25) is 39.5 Å². The number of thiocarbonyl (C=S) groups is 1. The van der Waals surface area contributed by atoms with Crippen LogP contribution in [0.5, 0.6) is 5.75 Å². The van der Waals surface area contributed by atoms with E-state index in [9.17, 15) is 48.6 Å². The quantitative estimate of drug-likeness (QED) is 0.0485. The van der Waals surface area contributed by atoms with Gasteiger partial charge in [0.15, 0.2) is 10.8 Å². The molecule has 3 heterocycles. The number of anilines is 3. The minimum absolute atomic E-state index is 0.0386. The molecule has 0 radical (unpaired) electrons. The number of nitrogens with two attached hydrogens (primary N) is 1. The van der Waals surface area contributed by atoms with Gasteiger partial charge < -0.3 is 66.4 Å². The Morgan fingerprint density at radius 3 is 2.28 bits per heavy atom. The molecule has 466 valence electrons. The SMILES string of the molecule is COc1cc2cc(c1Cl)N(C)C(=O)C[C@H](OC(=O)Nc1ccc(NC(=O)[C@H](CCCNC(N)=O)NC(=O)[C@@H](NC(=S)NCCCCN3C(=O)C=CC3=O)C(C)C)cc1C(F)(F)F)C(C)[C@@H](O)[C@H](C)[C@@H]1C[C@@](O)(NC(=O)O1)[C@H](OC)/C=C/C=C(\C)C2. The number of aliphatic hydroxyl groups excluding tert-OH is 1.